The van der Waals surface area contributed by atoms with E-state index >= 15 is 0 Å². The first-order valence-electron chi connectivity index (χ1n) is 11.4. The van der Waals surface area contributed by atoms with Crippen LogP contribution in [-0.2, 0) is 11.3 Å². The van der Waals surface area contributed by atoms with E-state index < -0.39 is 0 Å². The van der Waals surface area contributed by atoms with Gasteiger partial charge < -0.3 is 5.32 Å². The summed E-state index contributed by atoms with van der Waals surface area (Å²) in [4.78, 5) is 12.8. The molecule has 4 aromatic rings. The summed E-state index contributed by atoms with van der Waals surface area (Å²) in [6.45, 7) is 0.601. The molecule has 1 amide bonds. The second-order valence-electron chi connectivity index (χ2n) is 8.32. The highest BCUT2D eigenvalue weighted by molar-refractivity contribution is 7.99. The Labute approximate surface area is 207 Å². The minimum absolute atomic E-state index is 0.0907. The monoisotopic (exact) mass is 492 g/mol. The Hall–Kier alpha value is -3.10. The normalized spacial score (nSPS) is 13.9. The lowest BCUT2D eigenvalue weighted by Gasteiger charge is -2.14. The first-order valence-corrected chi connectivity index (χ1v) is 12.7. The summed E-state index contributed by atoms with van der Waals surface area (Å²) in [5.74, 6) is 1.63. The number of thioether (sulfide) groups is 1. The molecule has 2 aromatic carbocycles. The topological polar surface area (TPSA) is 77.6 Å². The number of hydrogen-bond donors (Lipinski definition) is 1. The van der Waals surface area contributed by atoms with E-state index in [1.165, 1.54) is 24.6 Å². The van der Waals surface area contributed by atoms with Crippen molar-refractivity contribution in [2.75, 3.05) is 11.1 Å². The van der Waals surface area contributed by atoms with Crippen molar-refractivity contribution in [3.8, 4) is 11.4 Å². The van der Waals surface area contributed by atoms with Crippen LogP contribution in [0.15, 0.2) is 72.0 Å². The lowest BCUT2D eigenvalue weighted by Crippen LogP contribution is -2.19. The average Bonchev–Trinajstić information content (AvgIpc) is 3.61. The Morgan fingerprint density at radius 1 is 1.03 bits per heavy atom. The molecule has 0 saturated heterocycles. The number of aromatic nitrogens is 5. The van der Waals surface area contributed by atoms with E-state index in [2.05, 4.69) is 32.7 Å². The molecule has 9 heteroatoms. The van der Waals surface area contributed by atoms with Crippen molar-refractivity contribution in [3.63, 3.8) is 0 Å². The van der Waals surface area contributed by atoms with E-state index in [1.54, 1.807) is 6.20 Å². The van der Waals surface area contributed by atoms with Crippen LogP contribution in [0.2, 0.25) is 5.02 Å². The minimum Gasteiger partial charge on any atom is -0.310 e. The molecule has 1 aliphatic rings. The summed E-state index contributed by atoms with van der Waals surface area (Å²) in [6.07, 6.45) is 6.38. The fourth-order valence-electron chi connectivity index (χ4n) is 4.28. The molecule has 7 nitrogen and oxygen atoms in total. The Balaban J connectivity index is 1.32. The van der Waals surface area contributed by atoms with Gasteiger partial charge in [0.25, 0.3) is 0 Å². The van der Waals surface area contributed by atoms with Gasteiger partial charge in [-0.25, -0.2) is 4.68 Å². The predicted molar refractivity (Wildman–Crippen MR) is 135 cm³/mol. The molecule has 34 heavy (non-hydrogen) atoms. The van der Waals surface area contributed by atoms with Crippen molar-refractivity contribution in [2.24, 2.45) is 0 Å². The third-order valence-corrected chi connectivity index (χ3v) is 7.16. The Kier molecular flexibility index (Phi) is 6.97. The second kappa shape index (κ2) is 10.4. The van der Waals surface area contributed by atoms with Crippen molar-refractivity contribution in [3.05, 3.63) is 77.4 Å². The molecule has 0 bridgehead atoms. The highest BCUT2D eigenvalue weighted by Gasteiger charge is 2.21. The van der Waals surface area contributed by atoms with Crippen LogP contribution in [0, 0.1) is 0 Å². The van der Waals surface area contributed by atoms with Gasteiger partial charge in [0.05, 0.1) is 24.5 Å². The number of carbonyl (C=O) groups excluding carboxylic acids is 1. The molecule has 5 rings (SSSR count). The molecule has 2 heterocycles. The lowest BCUT2D eigenvalue weighted by atomic mass is 10.2. The average molecular weight is 493 g/mol. The van der Waals surface area contributed by atoms with Gasteiger partial charge in [0, 0.05) is 16.7 Å². The molecule has 2 aromatic heterocycles. The summed E-state index contributed by atoms with van der Waals surface area (Å²) >= 11 is 7.45. The van der Waals surface area contributed by atoms with E-state index in [0.717, 1.165) is 35.6 Å². The van der Waals surface area contributed by atoms with Crippen LogP contribution in [0.4, 0.5) is 5.82 Å². The van der Waals surface area contributed by atoms with Gasteiger partial charge in [-0.05, 0) is 42.7 Å². The Bertz CT molecular complexity index is 1250. The predicted octanol–water partition coefficient (Wildman–Crippen LogP) is 5.69. The van der Waals surface area contributed by atoms with Gasteiger partial charge in [0.2, 0.25) is 5.91 Å². The van der Waals surface area contributed by atoms with Gasteiger partial charge in [-0.3, -0.25) is 9.36 Å². The van der Waals surface area contributed by atoms with Gasteiger partial charge in [-0.2, -0.15) is 5.10 Å². The molecule has 1 fully saturated rings. The summed E-state index contributed by atoms with van der Waals surface area (Å²) in [5.41, 5.74) is 2.05. The number of nitrogens with zero attached hydrogens (tertiary/aromatic N) is 5. The minimum atomic E-state index is -0.0907. The molecule has 0 unspecified atom stereocenters. The molecule has 1 aliphatic carbocycles. The highest BCUT2D eigenvalue weighted by atomic mass is 35.5. The zero-order chi connectivity index (χ0) is 23.3. The summed E-state index contributed by atoms with van der Waals surface area (Å²) in [5, 5.41) is 17.7. The lowest BCUT2D eigenvalue weighted by molar-refractivity contribution is -0.113. The zero-order valence-corrected chi connectivity index (χ0v) is 20.2. The number of anilines is 1. The fraction of sp³-hybridized carbons (Fsp3) is 0.280. The number of nitrogens with one attached hydrogen (secondary N) is 1. The number of halogens is 1. The van der Waals surface area contributed by atoms with Gasteiger partial charge in [0.1, 0.15) is 5.82 Å². The summed E-state index contributed by atoms with van der Waals surface area (Å²) in [7, 11) is 0. The van der Waals surface area contributed by atoms with Gasteiger partial charge in [-0.1, -0.05) is 66.5 Å². The van der Waals surface area contributed by atoms with Gasteiger partial charge in [-0.15, -0.1) is 10.2 Å². The first kappa shape index (κ1) is 22.7. The number of carbonyl (C=O) groups is 1. The molecule has 0 aliphatic heterocycles. The fourth-order valence-corrected chi connectivity index (χ4v) is 5.14. The Morgan fingerprint density at radius 2 is 1.79 bits per heavy atom. The van der Waals surface area contributed by atoms with Crippen molar-refractivity contribution in [2.45, 2.75) is 43.4 Å². The van der Waals surface area contributed by atoms with E-state index in [-0.39, 0.29) is 11.7 Å². The molecule has 0 atom stereocenters. The number of rotatable bonds is 8. The van der Waals surface area contributed by atoms with E-state index in [4.69, 9.17) is 11.6 Å². The third kappa shape index (κ3) is 5.18. The molecule has 174 valence electrons. The van der Waals surface area contributed by atoms with Crippen molar-refractivity contribution in [1.29, 1.82) is 0 Å². The van der Waals surface area contributed by atoms with Crippen molar-refractivity contribution < 1.29 is 4.79 Å². The number of hydrogen-bond acceptors (Lipinski definition) is 5. The number of amides is 1. The maximum Gasteiger partial charge on any atom is 0.235 e. The van der Waals surface area contributed by atoms with E-state index in [9.17, 15) is 4.79 Å². The van der Waals surface area contributed by atoms with Crippen LogP contribution in [0.5, 0.6) is 0 Å². The van der Waals surface area contributed by atoms with Crippen LogP contribution >= 0.6 is 23.4 Å². The van der Waals surface area contributed by atoms with Crippen LogP contribution in [-0.4, -0.2) is 36.2 Å². The highest BCUT2D eigenvalue weighted by Crippen LogP contribution is 2.31. The number of benzene rings is 2. The standard InChI is InChI=1S/C25H25ClN6OS/c26-20-12-10-19(11-13-20)24-29-30-25(31(24)16-18-6-2-1-3-7-18)34-17-23(33)28-22-14-15-27-32(22)21-8-4-5-9-21/h1-3,6-7,10-15,21H,4-5,8-9,16-17H2,(H,28,33). The van der Waals surface area contributed by atoms with Crippen LogP contribution < -0.4 is 5.32 Å². The molecular formula is C25H25ClN6OS. The smallest absolute Gasteiger partial charge is 0.235 e. The molecule has 1 N–H and O–H groups in total. The molecule has 0 radical (unpaired) electrons. The molecular weight excluding hydrogens is 468 g/mol. The van der Waals surface area contributed by atoms with Crippen molar-refractivity contribution in [1.82, 2.24) is 24.5 Å². The SMILES string of the molecule is O=C(CSc1nnc(-c2ccc(Cl)cc2)n1Cc1ccccc1)Nc1ccnn1C1CCCC1. The maximum absolute atomic E-state index is 12.8. The van der Waals surface area contributed by atoms with Crippen LogP contribution in [0.1, 0.15) is 37.3 Å². The van der Waals surface area contributed by atoms with Crippen LogP contribution in [0.3, 0.4) is 0 Å². The summed E-state index contributed by atoms with van der Waals surface area (Å²) < 4.78 is 3.99. The zero-order valence-electron chi connectivity index (χ0n) is 18.6. The van der Waals surface area contributed by atoms with Gasteiger partial charge in [0.15, 0.2) is 11.0 Å². The summed E-state index contributed by atoms with van der Waals surface area (Å²) in [6, 6.07) is 19.9. The Morgan fingerprint density at radius 3 is 2.56 bits per heavy atom. The second-order valence-corrected chi connectivity index (χ2v) is 9.70. The van der Waals surface area contributed by atoms with Gasteiger partial charge >= 0.3 is 0 Å². The molecule has 0 spiro atoms. The molecule has 1 saturated carbocycles. The van der Waals surface area contributed by atoms with Crippen molar-refractivity contribution >= 4 is 35.1 Å². The van der Waals surface area contributed by atoms with E-state index in [0.29, 0.717) is 22.8 Å². The largest absolute Gasteiger partial charge is 0.310 e. The quantitative estimate of drug-likeness (QED) is 0.320. The van der Waals surface area contributed by atoms with E-state index in [1.807, 2.05) is 57.8 Å². The van der Waals surface area contributed by atoms with Crippen LogP contribution in [0.25, 0.3) is 11.4 Å². The third-order valence-electron chi connectivity index (χ3n) is 5.94. The first-order chi connectivity index (χ1) is 16.7. The maximum atomic E-state index is 12.8.